The zero-order chi connectivity index (χ0) is 20.7. The molecule has 0 bridgehead atoms. The second-order valence-corrected chi connectivity index (χ2v) is 8.57. The van der Waals surface area contributed by atoms with Crippen molar-refractivity contribution in [1.29, 1.82) is 0 Å². The number of hydrogen-bond acceptors (Lipinski definition) is 4. The fraction of sp³-hybridized carbons (Fsp3) is 0.412. The molecule has 0 fully saturated rings. The van der Waals surface area contributed by atoms with Crippen molar-refractivity contribution in [2.45, 2.75) is 43.4 Å². The minimum atomic E-state index is -5.04. The summed E-state index contributed by atoms with van der Waals surface area (Å²) in [5.74, 6) is -1.66. The predicted octanol–water partition coefficient (Wildman–Crippen LogP) is 2.33. The van der Waals surface area contributed by atoms with E-state index in [4.69, 9.17) is 0 Å². The summed E-state index contributed by atoms with van der Waals surface area (Å²) in [7, 11) is -4.11. The maximum Gasteiger partial charge on any atom is 0.471 e. The molecule has 2 heterocycles. The molecule has 1 aliphatic heterocycles. The molecule has 0 saturated carbocycles. The summed E-state index contributed by atoms with van der Waals surface area (Å²) < 4.78 is 65.0. The Kier molecular flexibility index (Phi) is 5.13. The summed E-state index contributed by atoms with van der Waals surface area (Å²) in [5, 5.41) is 1.63. The number of nitrogens with one attached hydrogen (secondary N) is 2. The molecule has 1 aliphatic rings. The van der Waals surface area contributed by atoms with E-state index in [9.17, 15) is 26.4 Å². The van der Waals surface area contributed by atoms with Gasteiger partial charge in [0, 0.05) is 12.5 Å². The van der Waals surface area contributed by atoms with Gasteiger partial charge >= 0.3 is 12.1 Å². The van der Waals surface area contributed by atoms with Gasteiger partial charge in [0.1, 0.15) is 5.82 Å². The summed E-state index contributed by atoms with van der Waals surface area (Å²) in [4.78, 5) is 18.0. The van der Waals surface area contributed by atoms with E-state index in [1.807, 2.05) is 13.8 Å². The van der Waals surface area contributed by atoms with Crippen molar-refractivity contribution < 1.29 is 26.4 Å². The van der Waals surface area contributed by atoms with Gasteiger partial charge in [-0.3, -0.25) is 9.10 Å². The quantitative estimate of drug-likeness (QED) is 0.782. The second-order valence-electron chi connectivity index (χ2n) is 6.78. The highest BCUT2D eigenvalue weighted by Crippen LogP contribution is 2.36. The summed E-state index contributed by atoms with van der Waals surface area (Å²) in [6.45, 7) is 3.21. The van der Waals surface area contributed by atoms with Crippen molar-refractivity contribution in [3.05, 3.63) is 41.9 Å². The van der Waals surface area contributed by atoms with Gasteiger partial charge in [-0.05, 0) is 18.1 Å². The molecule has 1 unspecified atom stereocenters. The van der Waals surface area contributed by atoms with E-state index in [0.717, 1.165) is 4.31 Å². The highest BCUT2D eigenvalue weighted by molar-refractivity contribution is 7.92. The first-order valence-electron chi connectivity index (χ1n) is 8.54. The fourth-order valence-corrected chi connectivity index (χ4v) is 4.68. The van der Waals surface area contributed by atoms with Crippen LogP contribution in [0.25, 0.3) is 0 Å². The molecule has 28 heavy (non-hydrogen) atoms. The summed E-state index contributed by atoms with van der Waals surface area (Å²) in [5.41, 5.74) is 1.04. The number of aromatic nitrogens is 2. The van der Waals surface area contributed by atoms with Gasteiger partial charge in [0.15, 0.2) is 5.03 Å². The molecule has 3 rings (SSSR count). The number of fused-ring (bicyclic) bond motifs is 1. The number of carbonyl (C=O) groups is 1. The van der Waals surface area contributed by atoms with Gasteiger partial charge < -0.3 is 10.3 Å². The van der Waals surface area contributed by atoms with Crippen LogP contribution in [0.4, 0.5) is 18.9 Å². The molecular formula is C17H19F3N4O3S. The molecule has 7 nitrogen and oxygen atoms in total. The van der Waals surface area contributed by atoms with E-state index in [2.05, 4.69) is 9.97 Å². The molecule has 0 aliphatic carbocycles. The molecule has 0 saturated heterocycles. The van der Waals surface area contributed by atoms with E-state index in [0.29, 0.717) is 17.1 Å². The number of hydrogen-bond donors (Lipinski definition) is 2. The lowest BCUT2D eigenvalue weighted by Crippen LogP contribution is -2.48. The number of nitrogens with zero attached hydrogens (tertiary/aromatic N) is 2. The van der Waals surface area contributed by atoms with Gasteiger partial charge in [0.2, 0.25) is 0 Å². The van der Waals surface area contributed by atoms with Gasteiger partial charge in [-0.1, -0.05) is 32.0 Å². The molecule has 2 N–H and O–H groups in total. The molecule has 1 atom stereocenters. The monoisotopic (exact) mass is 416 g/mol. The lowest BCUT2D eigenvalue weighted by Gasteiger charge is -2.26. The fourth-order valence-electron chi connectivity index (χ4n) is 3.07. The van der Waals surface area contributed by atoms with Crippen LogP contribution < -0.4 is 9.62 Å². The first-order valence-corrected chi connectivity index (χ1v) is 9.98. The Morgan fingerprint density at radius 1 is 1.36 bits per heavy atom. The van der Waals surface area contributed by atoms with Gasteiger partial charge in [0.05, 0.1) is 17.9 Å². The van der Waals surface area contributed by atoms with Crippen LogP contribution in [0.15, 0.2) is 35.5 Å². The molecule has 0 spiro atoms. The molecule has 1 amide bonds. The zero-order valence-corrected chi connectivity index (χ0v) is 15.9. The van der Waals surface area contributed by atoms with Crippen LogP contribution in [0.3, 0.4) is 0 Å². The van der Waals surface area contributed by atoms with Crippen molar-refractivity contribution in [2.24, 2.45) is 0 Å². The minimum Gasteiger partial charge on any atom is -0.346 e. The second kappa shape index (κ2) is 7.12. The van der Waals surface area contributed by atoms with Crippen molar-refractivity contribution in [1.82, 2.24) is 15.3 Å². The number of benzene rings is 1. The third-order valence-electron chi connectivity index (χ3n) is 4.43. The third-order valence-corrected chi connectivity index (χ3v) is 6.20. The Labute approximate surface area is 160 Å². The van der Waals surface area contributed by atoms with E-state index in [-0.39, 0.29) is 17.4 Å². The highest BCUT2D eigenvalue weighted by Gasteiger charge is 2.42. The standard InChI is InChI=1S/C17H19F3N4O3S/c1-10(2)15-21-9-14(23-15)28(26,27)24-12(8-22-16(25)17(18,19)20)7-11-5-3-4-6-13(11)24/h3-6,9-10,12H,7-8H2,1-2H3,(H,21,23)(H,22,25). The maximum absolute atomic E-state index is 13.2. The third kappa shape index (κ3) is 3.71. The molecule has 1 aromatic carbocycles. The average molecular weight is 416 g/mol. The number of rotatable bonds is 5. The van der Waals surface area contributed by atoms with Gasteiger partial charge in [-0.2, -0.15) is 21.6 Å². The van der Waals surface area contributed by atoms with Gasteiger partial charge in [-0.25, -0.2) is 4.98 Å². The summed E-state index contributed by atoms with van der Waals surface area (Å²) >= 11 is 0. The largest absolute Gasteiger partial charge is 0.471 e. The number of sulfonamides is 1. The van der Waals surface area contributed by atoms with E-state index in [1.165, 1.54) is 6.20 Å². The maximum atomic E-state index is 13.2. The topological polar surface area (TPSA) is 95.2 Å². The van der Waals surface area contributed by atoms with Crippen LogP contribution in [0.5, 0.6) is 0 Å². The van der Waals surface area contributed by atoms with Gasteiger partial charge in [-0.15, -0.1) is 0 Å². The van der Waals surface area contributed by atoms with Crippen molar-refractivity contribution in [3.8, 4) is 0 Å². The molecular weight excluding hydrogens is 397 g/mol. The lowest BCUT2D eigenvalue weighted by atomic mass is 10.1. The lowest BCUT2D eigenvalue weighted by molar-refractivity contribution is -0.173. The number of halogens is 3. The minimum absolute atomic E-state index is 0.0308. The molecule has 1 aromatic heterocycles. The Bertz CT molecular complexity index is 986. The number of para-hydroxylation sites is 1. The Morgan fingerprint density at radius 2 is 2.04 bits per heavy atom. The number of alkyl halides is 3. The number of aromatic amines is 1. The Hall–Kier alpha value is -2.56. The van der Waals surface area contributed by atoms with Crippen LogP contribution >= 0.6 is 0 Å². The van der Waals surface area contributed by atoms with Crippen molar-refractivity contribution in [2.75, 3.05) is 10.8 Å². The average Bonchev–Trinajstić information content (AvgIpc) is 3.24. The molecule has 152 valence electrons. The van der Waals surface area contributed by atoms with E-state index >= 15 is 0 Å². The van der Waals surface area contributed by atoms with E-state index in [1.54, 1.807) is 29.6 Å². The van der Waals surface area contributed by atoms with Crippen molar-refractivity contribution >= 4 is 21.6 Å². The van der Waals surface area contributed by atoms with Crippen LogP contribution in [0.1, 0.15) is 31.2 Å². The number of anilines is 1. The highest BCUT2D eigenvalue weighted by atomic mass is 32.2. The predicted molar refractivity (Wildman–Crippen MR) is 95.3 cm³/mol. The number of imidazole rings is 1. The molecule has 2 aromatic rings. The first-order chi connectivity index (χ1) is 13.0. The number of carbonyl (C=O) groups excluding carboxylic acids is 1. The number of amides is 1. The van der Waals surface area contributed by atoms with Crippen LogP contribution in [0, 0.1) is 0 Å². The zero-order valence-electron chi connectivity index (χ0n) is 15.1. The van der Waals surface area contributed by atoms with Gasteiger partial charge in [0.25, 0.3) is 10.0 Å². The van der Waals surface area contributed by atoms with Crippen LogP contribution in [0.2, 0.25) is 0 Å². The smallest absolute Gasteiger partial charge is 0.346 e. The van der Waals surface area contributed by atoms with Crippen LogP contribution in [-0.4, -0.2) is 43.1 Å². The van der Waals surface area contributed by atoms with E-state index < -0.39 is 34.7 Å². The molecule has 11 heteroatoms. The Morgan fingerprint density at radius 3 is 2.64 bits per heavy atom. The normalized spacial score (nSPS) is 17.1. The van der Waals surface area contributed by atoms with Crippen molar-refractivity contribution in [3.63, 3.8) is 0 Å². The molecule has 0 radical (unpaired) electrons. The summed E-state index contributed by atoms with van der Waals surface area (Å²) in [6.07, 6.45) is -3.67. The first kappa shape index (κ1) is 20.2. The van der Waals surface area contributed by atoms with Crippen LogP contribution in [-0.2, 0) is 21.2 Å². The SMILES string of the molecule is CC(C)c1ncc(S(=O)(=O)N2c3ccccc3CC2CNC(=O)C(F)(F)F)[nH]1. The summed E-state index contributed by atoms with van der Waals surface area (Å²) in [6, 6.07) is 5.76. The number of H-pyrrole nitrogens is 1. The Balaban J connectivity index is 1.94.